The lowest BCUT2D eigenvalue weighted by atomic mass is 10.2. The highest BCUT2D eigenvalue weighted by Gasteiger charge is 2.11. The molecule has 0 fully saturated rings. The average Bonchev–Trinajstić information content (AvgIpc) is 2.51. The molecule has 24 heavy (non-hydrogen) atoms. The Bertz CT molecular complexity index is 887. The van der Waals surface area contributed by atoms with Crippen LogP contribution in [0.2, 0.25) is 0 Å². The summed E-state index contributed by atoms with van der Waals surface area (Å²) >= 11 is 3.32. The Morgan fingerprint density at radius 2 is 2.04 bits per heavy atom. The van der Waals surface area contributed by atoms with Crippen LogP contribution in [0, 0.1) is 6.92 Å². The topological polar surface area (TPSA) is 110 Å². The minimum Gasteiger partial charge on any atom is -0.454 e. The molecule has 1 heterocycles. The summed E-state index contributed by atoms with van der Waals surface area (Å²) in [5, 5.41) is 2.60. The molecule has 126 valence electrons. The molecule has 0 bridgehead atoms. The molecule has 1 aromatic carbocycles. The molecular weight excluding hydrogens is 382 g/mol. The SMILES string of the molecule is Cc1ccc(NC(=O)COC(=O)Cn2ccc(=O)[nH]c2=O)c(Br)c1. The van der Waals surface area contributed by atoms with Crippen molar-refractivity contribution in [3.05, 3.63) is 61.3 Å². The molecule has 8 nitrogen and oxygen atoms in total. The summed E-state index contributed by atoms with van der Waals surface area (Å²) in [6, 6.07) is 6.49. The summed E-state index contributed by atoms with van der Waals surface area (Å²) in [6.07, 6.45) is 1.17. The van der Waals surface area contributed by atoms with Crippen molar-refractivity contribution in [1.29, 1.82) is 0 Å². The number of halogens is 1. The number of aromatic amines is 1. The van der Waals surface area contributed by atoms with Gasteiger partial charge in [-0.3, -0.25) is 23.9 Å². The minimum atomic E-state index is -0.776. The van der Waals surface area contributed by atoms with Crippen molar-refractivity contribution in [2.24, 2.45) is 0 Å². The summed E-state index contributed by atoms with van der Waals surface area (Å²) in [7, 11) is 0. The van der Waals surface area contributed by atoms with Crippen molar-refractivity contribution < 1.29 is 14.3 Å². The van der Waals surface area contributed by atoms with Gasteiger partial charge in [0.15, 0.2) is 6.61 Å². The van der Waals surface area contributed by atoms with E-state index in [1.165, 1.54) is 6.20 Å². The van der Waals surface area contributed by atoms with Crippen LogP contribution in [0.1, 0.15) is 5.56 Å². The van der Waals surface area contributed by atoms with E-state index in [2.05, 4.69) is 21.2 Å². The van der Waals surface area contributed by atoms with Crippen molar-refractivity contribution in [3.8, 4) is 0 Å². The Hall–Kier alpha value is -2.68. The van der Waals surface area contributed by atoms with Crippen molar-refractivity contribution in [2.45, 2.75) is 13.5 Å². The van der Waals surface area contributed by atoms with Crippen LogP contribution in [0.4, 0.5) is 5.69 Å². The third-order valence-corrected chi connectivity index (χ3v) is 3.62. The monoisotopic (exact) mass is 395 g/mol. The number of anilines is 1. The molecule has 0 aliphatic rings. The summed E-state index contributed by atoms with van der Waals surface area (Å²) in [4.78, 5) is 47.8. The lowest BCUT2D eigenvalue weighted by Gasteiger charge is -2.09. The second-order valence-electron chi connectivity index (χ2n) is 4.93. The normalized spacial score (nSPS) is 10.2. The van der Waals surface area contributed by atoms with E-state index in [1.807, 2.05) is 24.0 Å². The van der Waals surface area contributed by atoms with Crippen molar-refractivity contribution in [3.63, 3.8) is 0 Å². The van der Waals surface area contributed by atoms with Crippen LogP contribution in [0.5, 0.6) is 0 Å². The smallest absolute Gasteiger partial charge is 0.328 e. The standard InChI is InChI=1S/C15H14BrN3O5/c1-9-2-3-11(10(16)6-9)17-13(21)8-24-14(22)7-19-5-4-12(20)18-15(19)23/h2-6H,7-8H2,1H3,(H,17,21)(H,18,20,23). The van der Waals surface area contributed by atoms with Gasteiger partial charge in [-0.2, -0.15) is 0 Å². The summed E-state index contributed by atoms with van der Waals surface area (Å²) in [5.74, 6) is -1.29. The fourth-order valence-corrected chi connectivity index (χ4v) is 2.40. The van der Waals surface area contributed by atoms with E-state index in [-0.39, 0.29) is 0 Å². The number of aryl methyl sites for hydroxylation is 1. The van der Waals surface area contributed by atoms with Gasteiger partial charge in [-0.15, -0.1) is 0 Å². The Balaban J connectivity index is 1.88. The van der Waals surface area contributed by atoms with Gasteiger partial charge in [-0.05, 0) is 40.5 Å². The van der Waals surface area contributed by atoms with Gasteiger partial charge in [0.2, 0.25) is 0 Å². The maximum Gasteiger partial charge on any atom is 0.328 e. The molecule has 2 aromatic rings. The number of carbonyl (C=O) groups excluding carboxylic acids is 2. The Kier molecular flexibility index (Phi) is 5.69. The van der Waals surface area contributed by atoms with Crippen LogP contribution < -0.4 is 16.6 Å². The van der Waals surface area contributed by atoms with Gasteiger partial charge in [0.25, 0.3) is 11.5 Å². The first-order valence-corrected chi connectivity index (χ1v) is 7.66. The maximum atomic E-state index is 11.8. The van der Waals surface area contributed by atoms with E-state index >= 15 is 0 Å². The van der Waals surface area contributed by atoms with E-state index in [1.54, 1.807) is 6.07 Å². The van der Waals surface area contributed by atoms with Crippen molar-refractivity contribution >= 4 is 33.5 Å². The van der Waals surface area contributed by atoms with E-state index in [0.717, 1.165) is 16.2 Å². The molecule has 0 atom stereocenters. The van der Waals surface area contributed by atoms with Crippen LogP contribution in [0.25, 0.3) is 0 Å². The van der Waals surface area contributed by atoms with E-state index < -0.39 is 36.3 Å². The molecule has 9 heteroatoms. The molecule has 2 rings (SSSR count). The number of esters is 1. The minimum absolute atomic E-state index is 0.406. The first-order chi connectivity index (χ1) is 11.3. The molecule has 0 unspecified atom stereocenters. The number of carbonyl (C=O) groups is 2. The number of hydrogen-bond acceptors (Lipinski definition) is 5. The lowest BCUT2D eigenvalue weighted by Crippen LogP contribution is -2.32. The number of amides is 1. The second kappa shape index (κ2) is 7.73. The van der Waals surface area contributed by atoms with Crippen LogP contribution in [0.15, 0.2) is 44.5 Å². The van der Waals surface area contributed by atoms with Crippen molar-refractivity contribution in [2.75, 3.05) is 11.9 Å². The number of hydrogen-bond donors (Lipinski definition) is 2. The quantitative estimate of drug-likeness (QED) is 0.727. The summed E-state index contributed by atoms with van der Waals surface area (Å²) in [6.45, 7) is 1.02. The molecule has 0 aliphatic carbocycles. The molecule has 2 N–H and O–H groups in total. The Morgan fingerprint density at radius 3 is 2.71 bits per heavy atom. The Labute approximate surface area is 144 Å². The van der Waals surface area contributed by atoms with E-state index in [4.69, 9.17) is 4.74 Å². The third-order valence-electron chi connectivity index (χ3n) is 2.96. The highest BCUT2D eigenvalue weighted by atomic mass is 79.9. The predicted molar refractivity (Wildman–Crippen MR) is 89.8 cm³/mol. The first kappa shape index (κ1) is 17.7. The molecule has 0 saturated carbocycles. The van der Waals surface area contributed by atoms with Gasteiger partial charge in [-0.1, -0.05) is 6.07 Å². The number of aromatic nitrogens is 2. The molecule has 1 aromatic heterocycles. The van der Waals surface area contributed by atoms with Crippen LogP contribution in [-0.4, -0.2) is 28.0 Å². The molecule has 0 radical (unpaired) electrons. The van der Waals surface area contributed by atoms with Gasteiger partial charge >= 0.3 is 11.7 Å². The second-order valence-corrected chi connectivity index (χ2v) is 5.78. The first-order valence-electron chi connectivity index (χ1n) is 6.86. The number of nitrogens with one attached hydrogen (secondary N) is 2. The number of rotatable bonds is 5. The molecule has 1 amide bonds. The number of nitrogens with zero attached hydrogens (tertiary/aromatic N) is 1. The number of ether oxygens (including phenoxy) is 1. The highest BCUT2D eigenvalue weighted by molar-refractivity contribution is 9.10. The number of benzene rings is 1. The molecular formula is C15H14BrN3O5. The van der Waals surface area contributed by atoms with Gasteiger partial charge in [0.05, 0.1) is 5.69 Å². The number of H-pyrrole nitrogens is 1. The van der Waals surface area contributed by atoms with Crippen molar-refractivity contribution in [1.82, 2.24) is 9.55 Å². The fourth-order valence-electron chi connectivity index (χ4n) is 1.81. The molecule has 0 spiro atoms. The van der Waals surface area contributed by atoms with Gasteiger partial charge in [0, 0.05) is 16.7 Å². The van der Waals surface area contributed by atoms with Crippen LogP contribution >= 0.6 is 15.9 Å². The Morgan fingerprint density at radius 1 is 1.29 bits per heavy atom. The van der Waals surface area contributed by atoms with Crippen LogP contribution in [-0.2, 0) is 20.9 Å². The zero-order chi connectivity index (χ0) is 17.7. The lowest BCUT2D eigenvalue weighted by molar-refractivity contribution is -0.148. The zero-order valence-corrected chi connectivity index (χ0v) is 14.3. The third kappa shape index (κ3) is 4.92. The predicted octanol–water partition coefficient (Wildman–Crippen LogP) is 0.789. The van der Waals surface area contributed by atoms with Crippen LogP contribution in [0.3, 0.4) is 0 Å². The average molecular weight is 396 g/mol. The summed E-state index contributed by atoms with van der Waals surface area (Å²) < 4.78 is 6.49. The summed E-state index contributed by atoms with van der Waals surface area (Å²) in [5.41, 5.74) is 0.288. The fraction of sp³-hybridized carbons (Fsp3) is 0.200. The van der Waals surface area contributed by atoms with Gasteiger partial charge in [0.1, 0.15) is 6.54 Å². The van der Waals surface area contributed by atoms with E-state index in [0.29, 0.717) is 10.2 Å². The van der Waals surface area contributed by atoms with Gasteiger partial charge < -0.3 is 10.1 Å². The maximum absolute atomic E-state index is 11.8. The largest absolute Gasteiger partial charge is 0.454 e. The zero-order valence-electron chi connectivity index (χ0n) is 12.7. The van der Waals surface area contributed by atoms with Gasteiger partial charge in [-0.25, -0.2) is 4.79 Å². The highest BCUT2D eigenvalue weighted by Crippen LogP contribution is 2.23. The van der Waals surface area contributed by atoms with E-state index in [9.17, 15) is 19.2 Å². The molecule has 0 saturated heterocycles. The molecule has 0 aliphatic heterocycles.